The number of rotatable bonds is 9. The Balaban J connectivity index is 2.35. The monoisotopic (exact) mass is 286 g/mol. The Bertz CT molecular complexity index is 306. The van der Waals surface area contributed by atoms with Gasteiger partial charge in [0.25, 0.3) is 0 Å². The van der Waals surface area contributed by atoms with E-state index in [9.17, 15) is 0 Å². The molecule has 1 rings (SSSR count). The quantitative estimate of drug-likeness (QED) is 0.514. The van der Waals surface area contributed by atoms with Gasteiger partial charge in [0.2, 0.25) is 0 Å². The summed E-state index contributed by atoms with van der Waals surface area (Å²) in [6, 6.07) is 5.41. The predicted octanol–water partition coefficient (Wildman–Crippen LogP) is 2.07. The second kappa shape index (κ2) is 7.94. The van der Waals surface area contributed by atoms with Crippen molar-refractivity contribution in [3.05, 3.63) is 18.4 Å². The summed E-state index contributed by atoms with van der Waals surface area (Å²) in [6.45, 7) is 10.3. The van der Waals surface area contributed by atoms with E-state index >= 15 is 0 Å². The molecule has 0 aliphatic rings. The van der Waals surface area contributed by atoms with Crippen molar-refractivity contribution in [1.29, 1.82) is 0 Å². The summed E-state index contributed by atoms with van der Waals surface area (Å²) in [5.41, 5.74) is 0. The molecule has 0 aromatic carbocycles. The first-order chi connectivity index (χ1) is 8.60. The molecular formula is C13H26O3Si2. The number of ether oxygens (including phenoxy) is 2. The molecule has 0 N–H and O–H groups in total. The van der Waals surface area contributed by atoms with Crippen molar-refractivity contribution in [3.63, 3.8) is 0 Å². The van der Waals surface area contributed by atoms with Crippen molar-refractivity contribution in [3.8, 4) is 0 Å². The topological polar surface area (TPSA) is 31.6 Å². The minimum Gasteiger partial charge on any atom is -0.475 e. The first kappa shape index (κ1) is 15.7. The summed E-state index contributed by atoms with van der Waals surface area (Å²) in [6.07, 6.45) is 2.82. The standard InChI is InChI=1S/C13H26O3Si2/c1-5-14-12(15-6-2)9-11-17-18(3,4)13-8-7-10-16-13/h7-8,10,12H,5-6,9,11,17H2,1-4H3. The van der Waals surface area contributed by atoms with Gasteiger partial charge >= 0.3 is 0 Å². The zero-order valence-electron chi connectivity index (χ0n) is 12.1. The number of furan rings is 1. The fourth-order valence-corrected chi connectivity index (χ4v) is 9.29. The van der Waals surface area contributed by atoms with E-state index in [1.165, 1.54) is 11.4 Å². The van der Waals surface area contributed by atoms with Crippen LogP contribution in [0.1, 0.15) is 20.3 Å². The molecule has 3 nitrogen and oxygen atoms in total. The molecule has 1 heterocycles. The van der Waals surface area contributed by atoms with Crippen molar-refractivity contribution >= 4 is 22.0 Å². The molecule has 18 heavy (non-hydrogen) atoms. The molecule has 0 aliphatic carbocycles. The highest BCUT2D eigenvalue weighted by Crippen LogP contribution is 2.10. The van der Waals surface area contributed by atoms with Crippen LogP contribution in [0.25, 0.3) is 0 Å². The molecule has 0 saturated carbocycles. The summed E-state index contributed by atoms with van der Waals surface area (Å²) >= 11 is 0. The van der Waals surface area contributed by atoms with E-state index in [2.05, 4.69) is 19.2 Å². The summed E-state index contributed by atoms with van der Waals surface area (Å²) in [7, 11) is -1.40. The molecule has 104 valence electrons. The van der Waals surface area contributed by atoms with Crippen LogP contribution in [0, 0.1) is 0 Å². The molecule has 0 saturated heterocycles. The third kappa shape index (κ3) is 5.10. The fraction of sp³-hybridized carbons (Fsp3) is 0.692. The number of hydrogen-bond donors (Lipinski definition) is 0. The Morgan fingerprint density at radius 1 is 1.28 bits per heavy atom. The molecular weight excluding hydrogens is 260 g/mol. The summed E-state index contributed by atoms with van der Waals surface area (Å²) in [5, 5.41) is 1.25. The molecule has 1 aromatic rings. The maximum atomic E-state index is 5.58. The average Bonchev–Trinajstić information content (AvgIpc) is 2.83. The van der Waals surface area contributed by atoms with Crippen LogP contribution >= 0.6 is 0 Å². The van der Waals surface area contributed by atoms with Crippen LogP contribution < -0.4 is 5.38 Å². The average molecular weight is 287 g/mol. The third-order valence-electron chi connectivity index (χ3n) is 3.13. The van der Waals surface area contributed by atoms with E-state index in [0.29, 0.717) is 0 Å². The van der Waals surface area contributed by atoms with E-state index in [1.54, 1.807) is 6.26 Å². The van der Waals surface area contributed by atoms with E-state index in [1.807, 2.05) is 19.9 Å². The predicted molar refractivity (Wildman–Crippen MR) is 80.8 cm³/mol. The second-order valence-electron chi connectivity index (χ2n) is 5.09. The molecule has 0 fully saturated rings. The van der Waals surface area contributed by atoms with E-state index in [0.717, 1.165) is 19.6 Å². The molecule has 0 aliphatic heterocycles. The highest BCUT2D eigenvalue weighted by molar-refractivity contribution is 7.29. The molecule has 0 amide bonds. The van der Waals surface area contributed by atoms with Gasteiger partial charge in [0, 0.05) is 22.3 Å². The normalized spacial score (nSPS) is 12.9. The Hall–Kier alpha value is -0.366. The summed E-state index contributed by atoms with van der Waals surface area (Å²) in [4.78, 5) is 0. The van der Waals surface area contributed by atoms with Gasteiger partial charge in [0.15, 0.2) is 6.29 Å². The van der Waals surface area contributed by atoms with Gasteiger partial charge in [-0.25, -0.2) is 0 Å². The van der Waals surface area contributed by atoms with Crippen LogP contribution in [0.4, 0.5) is 0 Å². The van der Waals surface area contributed by atoms with Crippen molar-refractivity contribution in [2.24, 2.45) is 0 Å². The molecule has 1 aromatic heterocycles. The zero-order chi connectivity index (χ0) is 13.4. The lowest BCUT2D eigenvalue weighted by Crippen LogP contribution is -2.47. The van der Waals surface area contributed by atoms with Gasteiger partial charge in [-0.1, -0.05) is 19.1 Å². The lowest BCUT2D eigenvalue weighted by Gasteiger charge is -2.21. The van der Waals surface area contributed by atoms with Gasteiger partial charge in [-0.2, -0.15) is 0 Å². The second-order valence-corrected chi connectivity index (χ2v) is 17.4. The largest absolute Gasteiger partial charge is 0.475 e. The van der Waals surface area contributed by atoms with Crippen molar-refractivity contribution in [2.75, 3.05) is 13.2 Å². The van der Waals surface area contributed by atoms with Crippen LogP contribution in [0.15, 0.2) is 22.8 Å². The van der Waals surface area contributed by atoms with E-state index in [-0.39, 0.29) is 15.3 Å². The fourth-order valence-electron chi connectivity index (χ4n) is 2.08. The maximum absolute atomic E-state index is 5.58. The summed E-state index contributed by atoms with van der Waals surface area (Å²) < 4.78 is 16.7. The van der Waals surface area contributed by atoms with E-state index < -0.39 is 7.59 Å². The Labute approximate surface area is 113 Å². The third-order valence-corrected chi connectivity index (χ3v) is 12.6. The maximum Gasteiger partial charge on any atom is 0.157 e. The van der Waals surface area contributed by atoms with Crippen LogP contribution in [0.2, 0.25) is 19.1 Å². The molecule has 0 radical (unpaired) electrons. The minimum absolute atomic E-state index is 0.00565. The van der Waals surface area contributed by atoms with Crippen LogP contribution in [-0.4, -0.2) is 36.1 Å². The van der Waals surface area contributed by atoms with Gasteiger partial charge in [0.1, 0.15) is 7.59 Å². The van der Waals surface area contributed by atoms with Gasteiger partial charge in [-0.05, 0) is 32.4 Å². The van der Waals surface area contributed by atoms with Gasteiger partial charge in [0.05, 0.1) is 11.6 Å². The van der Waals surface area contributed by atoms with Crippen LogP contribution in [0.5, 0.6) is 0 Å². The smallest absolute Gasteiger partial charge is 0.157 e. The van der Waals surface area contributed by atoms with Crippen LogP contribution in [0.3, 0.4) is 0 Å². The Kier molecular flexibility index (Phi) is 6.92. The van der Waals surface area contributed by atoms with Gasteiger partial charge < -0.3 is 13.9 Å². The molecule has 5 heteroatoms. The molecule has 0 atom stereocenters. The van der Waals surface area contributed by atoms with Crippen LogP contribution in [-0.2, 0) is 9.47 Å². The van der Waals surface area contributed by atoms with Gasteiger partial charge in [-0.3, -0.25) is 0 Å². The first-order valence-corrected chi connectivity index (χ1v) is 13.2. The summed E-state index contributed by atoms with van der Waals surface area (Å²) in [5.74, 6) is 0. The van der Waals surface area contributed by atoms with Crippen molar-refractivity contribution in [2.45, 2.75) is 45.7 Å². The first-order valence-electron chi connectivity index (χ1n) is 6.87. The molecule has 0 unspecified atom stereocenters. The van der Waals surface area contributed by atoms with E-state index in [4.69, 9.17) is 13.9 Å². The lowest BCUT2D eigenvalue weighted by atomic mass is 10.4. The number of hydrogen-bond acceptors (Lipinski definition) is 3. The van der Waals surface area contributed by atoms with Crippen molar-refractivity contribution in [1.82, 2.24) is 0 Å². The highest BCUT2D eigenvalue weighted by atomic mass is 29.2. The molecule has 0 bridgehead atoms. The highest BCUT2D eigenvalue weighted by Gasteiger charge is 2.26. The van der Waals surface area contributed by atoms with Crippen molar-refractivity contribution < 1.29 is 13.9 Å². The SMILES string of the molecule is CCOC(CC[SiH2][Si](C)(C)c1ccco1)OCC. The zero-order valence-corrected chi connectivity index (χ0v) is 14.5. The Morgan fingerprint density at radius 2 is 1.94 bits per heavy atom. The lowest BCUT2D eigenvalue weighted by molar-refractivity contribution is -0.136. The Morgan fingerprint density at radius 3 is 2.44 bits per heavy atom. The minimum atomic E-state index is -1.28. The molecule has 0 spiro atoms. The van der Waals surface area contributed by atoms with Gasteiger partial charge in [-0.15, -0.1) is 0 Å².